The lowest BCUT2D eigenvalue weighted by Crippen LogP contribution is -2.39. The van der Waals surface area contributed by atoms with Gasteiger partial charge in [0.15, 0.2) is 0 Å². The summed E-state index contributed by atoms with van der Waals surface area (Å²) in [5, 5.41) is 0.485. The van der Waals surface area contributed by atoms with Gasteiger partial charge in [-0.15, -0.1) is 0 Å². The third-order valence-corrected chi connectivity index (χ3v) is 3.87. The first-order chi connectivity index (χ1) is 11.1. The molecule has 0 unspecified atom stereocenters. The topological polar surface area (TPSA) is 62.5 Å². The lowest BCUT2D eigenvalue weighted by atomic mass is 10.2. The molecule has 6 heteroatoms. The Balaban J connectivity index is 2.26. The van der Waals surface area contributed by atoms with E-state index in [0.717, 1.165) is 19.4 Å². The van der Waals surface area contributed by atoms with Crippen molar-refractivity contribution in [2.75, 3.05) is 20.3 Å². The van der Waals surface area contributed by atoms with Gasteiger partial charge >= 0.3 is 5.69 Å². The van der Waals surface area contributed by atoms with E-state index in [2.05, 4.69) is 6.92 Å². The lowest BCUT2D eigenvalue weighted by Gasteiger charge is -2.11. The number of hydrogen-bond donors (Lipinski definition) is 0. The third kappa shape index (κ3) is 3.82. The average molecular weight is 320 g/mol. The molecule has 0 radical (unpaired) electrons. The van der Waals surface area contributed by atoms with Crippen molar-refractivity contribution in [2.45, 2.75) is 32.7 Å². The van der Waals surface area contributed by atoms with E-state index in [4.69, 9.17) is 9.47 Å². The quantitative estimate of drug-likeness (QED) is 0.697. The van der Waals surface area contributed by atoms with Crippen molar-refractivity contribution in [3.63, 3.8) is 0 Å². The number of fused-ring (bicyclic) bond motifs is 1. The van der Waals surface area contributed by atoms with Crippen molar-refractivity contribution >= 4 is 10.9 Å². The van der Waals surface area contributed by atoms with Crippen LogP contribution in [0.2, 0.25) is 0 Å². The minimum absolute atomic E-state index is 0.282. The maximum Gasteiger partial charge on any atom is 0.331 e. The average Bonchev–Trinajstić information content (AvgIpc) is 2.58. The Bertz CT molecular complexity index is 776. The molecule has 1 heterocycles. The number of methoxy groups -OCH3 is 1. The molecule has 0 amide bonds. The molecule has 1 aromatic heterocycles. The van der Waals surface area contributed by atoms with Gasteiger partial charge < -0.3 is 9.47 Å². The SMILES string of the molecule is CCCCOCCCn1c(=O)c2cc(OC)ccc2n(C)c1=O. The summed E-state index contributed by atoms with van der Waals surface area (Å²) in [5.41, 5.74) is 0.0213. The predicted octanol–water partition coefficient (Wildman–Crippen LogP) is 1.92. The lowest BCUT2D eigenvalue weighted by molar-refractivity contribution is 0.125. The predicted molar refractivity (Wildman–Crippen MR) is 90.3 cm³/mol. The van der Waals surface area contributed by atoms with Gasteiger partial charge in [-0.25, -0.2) is 4.79 Å². The molecule has 0 bridgehead atoms. The second-order valence-electron chi connectivity index (χ2n) is 5.50. The molecule has 0 fully saturated rings. The number of unbranched alkanes of at least 4 members (excludes halogenated alkanes) is 1. The van der Waals surface area contributed by atoms with E-state index >= 15 is 0 Å². The van der Waals surface area contributed by atoms with Crippen molar-refractivity contribution in [1.29, 1.82) is 0 Å². The van der Waals surface area contributed by atoms with Gasteiger partial charge in [-0.3, -0.25) is 13.9 Å². The second-order valence-corrected chi connectivity index (χ2v) is 5.50. The van der Waals surface area contributed by atoms with E-state index in [1.54, 1.807) is 32.4 Å². The van der Waals surface area contributed by atoms with Gasteiger partial charge in [0.25, 0.3) is 5.56 Å². The summed E-state index contributed by atoms with van der Waals surface area (Å²) < 4.78 is 13.4. The van der Waals surface area contributed by atoms with Crippen LogP contribution in [0.5, 0.6) is 5.75 Å². The Labute approximate surface area is 135 Å². The van der Waals surface area contributed by atoms with Crippen LogP contribution >= 0.6 is 0 Å². The van der Waals surface area contributed by atoms with Crippen LogP contribution in [0, 0.1) is 0 Å². The molecule has 2 aromatic rings. The third-order valence-electron chi connectivity index (χ3n) is 3.87. The van der Waals surface area contributed by atoms with Crippen LogP contribution in [0.4, 0.5) is 0 Å². The maximum atomic E-state index is 12.6. The molecule has 0 saturated heterocycles. The number of aryl methyl sites for hydroxylation is 1. The van der Waals surface area contributed by atoms with E-state index < -0.39 is 0 Å². The molecule has 6 nitrogen and oxygen atoms in total. The summed E-state index contributed by atoms with van der Waals surface area (Å²) in [6.07, 6.45) is 2.75. The van der Waals surface area contributed by atoms with Crippen molar-refractivity contribution in [2.24, 2.45) is 7.05 Å². The molecule has 2 rings (SSSR count). The fourth-order valence-corrected chi connectivity index (χ4v) is 2.49. The smallest absolute Gasteiger partial charge is 0.331 e. The first-order valence-corrected chi connectivity index (χ1v) is 7.95. The fourth-order valence-electron chi connectivity index (χ4n) is 2.49. The Morgan fingerprint density at radius 1 is 1.13 bits per heavy atom. The standard InChI is InChI=1S/C17H24N2O4/c1-4-5-10-23-11-6-9-19-16(20)14-12-13(22-3)7-8-15(14)18(2)17(19)21/h7-8,12H,4-6,9-11H2,1-3H3. The van der Waals surface area contributed by atoms with Crippen molar-refractivity contribution in [3.8, 4) is 5.75 Å². The number of hydrogen-bond acceptors (Lipinski definition) is 4. The number of rotatable bonds is 8. The fraction of sp³-hybridized carbons (Fsp3) is 0.529. The largest absolute Gasteiger partial charge is 0.497 e. The van der Waals surface area contributed by atoms with E-state index in [1.807, 2.05) is 0 Å². The van der Waals surface area contributed by atoms with Crippen molar-refractivity contribution < 1.29 is 9.47 Å². The monoisotopic (exact) mass is 320 g/mol. The maximum absolute atomic E-state index is 12.6. The van der Waals surface area contributed by atoms with Crippen LogP contribution in [0.3, 0.4) is 0 Å². The molecule has 0 aliphatic heterocycles. The van der Waals surface area contributed by atoms with E-state index in [-0.39, 0.29) is 11.2 Å². The zero-order valence-electron chi connectivity index (χ0n) is 14.0. The van der Waals surface area contributed by atoms with E-state index in [1.165, 1.54) is 9.13 Å². The van der Waals surface area contributed by atoms with Crippen LogP contribution < -0.4 is 16.0 Å². The number of benzene rings is 1. The molecule has 1 aromatic carbocycles. The van der Waals surface area contributed by atoms with Gasteiger partial charge in [-0.1, -0.05) is 13.3 Å². The highest BCUT2D eigenvalue weighted by molar-refractivity contribution is 5.79. The highest BCUT2D eigenvalue weighted by Gasteiger charge is 2.11. The van der Waals surface area contributed by atoms with Crippen LogP contribution in [0.1, 0.15) is 26.2 Å². The van der Waals surface area contributed by atoms with Gasteiger partial charge in [0, 0.05) is 26.8 Å². The molecule has 0 aliphatic carbocycles. The zero-order chi connectivity index (χ0) is 16.8. The van der Waals surface area contributed by atoms with Gasteiger partial charge in [0.1, 0.15) is 5.75 Å². The number of nitrogens with zero attached hydrogens (tertiary/aromatic N) is 2. The summed E-state index contributed by atoms with van der Waals surface area (Å²) in [4.78, 5) is 25.0. The molecule has 0 saturated carbocycles. The summed E-state index contributed by atoms with van der Waals surface area (Å²) in [6.45, 7) is 3.73. The van der Waals surface area contributed by atoms with E-state index in [0.29, 0.717) is 36.2 Å². The Morgan fingerprint density at radius 3 is 2.57 bits per heavy atom. The van der Waals surface area contributed by atoms with Gasteiger partial charge in [0.05, 0.1) is 18.0 Å². The molecule has 0 aliphatic rings. The van der Waals surface area contributed by atoms with Crippen molar-refractivity contribution in [1.82, 2.24) is 9.13 Å². The van der Waals surface area contributed by atoms with E-state index in [9.17, 15) is 9.59 Å². The van der Waals surface area contributed by atoms with Crippen LogP contribution in [-0.2, 0) is 18.3 Å². The zero-order valence-corrected chi connectivity index (χ0v) is 14.0. The molecule has 0 atom stereocenters. The Morgan fingerprint density at radius 2 is 1.87 bits per heavy atom. The Kier molecular flexibility index (Phi) is 5.98. The number of ether oxygens (including phenoxy) is 2. The van der Waals surface area contributed by atoms with Crippen LogP contribution in [0.25, 0.3) is 10.9 Å². The minimum Gasteiger partial charge on any atom is -0.497 e. The van der Waals surface area contributed by atoms with Crippen molar-refractivity contribution in [3.05, 3.63) is 39.0 Å². The summed E-state index contributed by atoms with van der Waals surface area (Å²) in [6, 6.07) is 5.15. The van der Waals surface area contributed by atoms with Crippen LogP contribution in [0.15, 0.2) is 27.8 Å². The van der Waals surface area contributed by atoms with Gasteiger partial charge in [0.2, 0.25) is 0 Å². The highest BCUT2D eigenvalue weighted by Crippen LogP contribution is 2.16. The molecule has 23 heavy (non-hydrogen) atoms. The molecule has 0 N–H and O–H groups in total. The molecule has 126 valence electrons. The first kappa shape index (κ1) is 17.3. The van der Waals surface area contributed by atoms with Gasteiger partial charge in [-0.05, 0) is 31.0 Å². The van der Waals surface area contributed by atoms with Crippen LogP contribution in [-0.4, -0.2) is 29.5 Å². The first-order valence-electron chi connectivity index (χ1n) is 7.95. The summed E-state index contributed by atoms with van der Waals surface area (Å²) in [7, 11) is 3.22. The minimum atomic E-state index is -0.304. The number of aromatic nitrogens is 2. The normalized spacial score (nSPS) is 11.1. The molecular weight excluding hydrogens is 296 g/mol. The molecule has 0 spiro atoms. The summed E-state index contributed by atoms with van der Waals surface area (Å²) >= 11 is 0. The second kappa shape index (κ2) is 7.97. The summed E-state index contributed by atoms with van der Waals surface area (Å²) in [5.74, 6) is 0.600. The highest BCUT2D eigenvalue weighted by atomic mass is 16.5. The van der Waals surface area contributed by atoms with Gasteiger partial charge in [-0.2, -0.15) is 0 Å². The Hall–Kier alpha value is -2.08. The molecular formula is C17H24N2O4.